The lowest BCUT2D eigenvalue weighted by Crippen LogP contribution is -2.04. The van der Waals surface area contributed by atoms with Crippen molar-refractivity contribution in [2.75, 3.05) is 11.1 Å². The SMILES string of the molecule is Cc1nc(CNc2cc([N+](=O)[O-])cc(N)n2)oc1C. The van der Waals surface area contributed by atoms with Crippen molar-refractivity contribution in [3.05, 3.63) is 39.6 Å². The van der Waals surface area contributed by atoms with Gasteiger partial charge >= 0.3 is 0 Å². The molecule has 3 N–H and O–H groups in total. The highest BCUT2D eigenvalue weighted by molar-refractivity contribution is 5.52. The molecule has 0 amide bonds. The van der Waals surface area contributed by atoms with Crippen molar-refractivity contribution in [1.29, 1.82) is 0 Å². The van der Waals surface area contributed by atoms with Gasteiger partial charge in [-0.05, 0) is 13.8 Å². The summed E-state index contributed by atoms with van der Waals surface area (Å²) in [6.07, 6.45) is 0. The number of aromatic nitrogens is 2. The predicted molar refractivity (Wildman–Crippen MR) is 68.6 cm³/mol. The molecule has 0 unspecified atom stereocenters. The van der Waals surface area contributed by atoms with E-state index in [1.165, 1.54) is 12.1 Å². The number of rotatable bonds is 4. The van der Waals surface area contributed by atoms with E-state index >= 15 is 0 Å². The largest absolute Gasteiger partial charge is 0.444 e. The minimum absolute atomic E-state index is 0.0801. The summed E-state index contributed by atoms with van der Waals surface area (Å²) in [6.45, 7) is 3.93. The van der Waals surface area contributed by atoms with Crippen LogP contribution in [0.1, 0.15) is 17.3 Å². The van der Waals surface area contributed by atoms with Gasteiger partial charge in [-0.3, -0.25) is 10.1 Å². The molecule has 100 valence electrons. The molecular formula is C11H13N5O3. The van der Waals surface area contributed by atoms with Gasteiger partial charge < -0.3 is 15.5 Å². The molecular weight excluding hydrogens is 250 g/mol. The molecule has 0 radical (unpaired) electrons. The molecule has 0 aliphatic carbocycles. The number of nitrogens with one attached hydrogen (secondary N) is 1. The third-order valence-electron chi connectivity index (χ3n) is 2.53. The van der Waals surface area contributed by atoms with Gasteiger partial charge in [-0.15, -0.1) is 0 Å². The van der Waals surface area contributed by atoms with E-state index in [1.807, 2.05) is 13.8 Å². The first kappa shape index (κ1) is 12.8. The molecule has 2 heterocycles. The molecule has 19 heavy (non-hydrogen) atoms. The number of hydrogen-bond donors (Lipinski definition) is 2. The van der Waals surface area contributed by atoms with Gasteiger partial charge in [0.2, 0.25) is 5.89 Å². The third kappa shape index (κ3) is 2.97. The highest BCUT2D eigenvalue weighted by Gasteiger charge is 2.11. The van der Waals surface area contributed by atoms with Gasteiger partial charge in [0.1, 0.15) is 17.4 Å². The van der Waals surface area contributed by atoms with Crippen molar-refractivity contribution in [2.45, 2.75) is 20.4 Å². The first-order valence-electron chi connectivity index (χ1n) is 5.54. The Labute approximate surface area is 108 Å². The molecule has 0 atom stereocenters. The molecule has 0 spiro atoms. The van der Waals surface area contributed by atoms with Gasteiger partial charge in [0.15, 0.2) is 0 Å². The summed E-state index contributed by atoms with van der Waals surface area (Å²) in [7, 11) is 0. The summed E-state index contributed by atoms with van der Waals surface area (Å²) in [6, 6.07) is 2.50. The second kappa shape index (κ2) is 4.92. The van der Waals surface area contributed by atoms with Crippen LogP contribution in [-0.2, 0) is 6.54 Å². The molecule has 2 rings (SSSR count). The quantitative estimate of drug-likeness (QED) is 0.637. The van der Waals surface area contributed by atoms with Gasteiger partial charge in [0, 0.05) is 0 Å². The van der Waals surface area contributed by atoms with E-state index in [-0.39, 0.29) is 18.1 Å². The second-order valence-corrected chi connectivity index (χ2v) is 4.00. The zero-order valence-corrected chi connectivity index (χ0v) is 10.5. The van der Waals surface area contributed by atoms with E-state index in [4.69, 9.17) is 10.2 Å². The molecule has 8 heteroatoms. The van der Waals surface area contributed by atoms with Crippen LogP contribution in [0.25, 0.3) is 0 Å². The maximum absolute atomic E-state index is 10.7. The first-order valence-corrected chi connectivity index (χ1v) is 5.54. The molecule has 2 aromatic heterocycles. The van der Waals surface area contributed by atoms with Gasteiger partial charge in [-0.2, -0.15) is 0 Å². The maximum Gasteiger partial charge on any atom is 0.276 e. The molecule has 0 saturated heterocycles. The normalized spacial score (nSPS) is 10.4. The number of aryl methyl sites for hydroxylation is 2. The Hall–Kier alpha value is -2.64. The zero-order valence-electron chi connectivity index (χ0n) is 10.5. The average molecular weight is 263 g/mol. The van der Waals surface area contributed by atoms with E-state index in [9.17, 15) is 10.1 Å². The Bertz CT molecular complexity index is 603. The van der Waals surface area contributed by atoms with Crippen molar-refractivity contribution in [3.8, 4) is 0 Å². The van der Waals surface area contributed by atoms with E-state index in [1.54, 1.807) is 0 Å². The molecule has 8 nitrogen and oxygen atoms in total. The predicted octanol–water partition coefficient (Wildman–Crippen LogP) is 1.79. The van der Waals surface area contributed by atoms with Crippen molar-refractivity contribution in [1.82, 2.24) is 9.97 Å². The summed E-state index contributed by atoms with van der Waals surface area (Å²) < 4.78 is 5.38. The molecule has 0 aliphatic heterocycles. The second-order valence-electron chi connectivity index (χ2n) is 4.00. The van der Waals surface area contributed by atoms with Crippen molar-refractivity contribution >= 4 is 17.3 Å². The summed E-state index contributed by atoms with van der Waals surface area (Å²) in [5, 5.41) is 13.6. The fraction of sp³-hybridized carbons (Fsp3) is 0.273. The monoisotopic (exact) mass is 263 g/mol. The van der Waals surface area contributed by atoms with Crippen LogP contribution in [0.2, 0.25) is 0 Å². The Balaban J connectivity index is 2.13. The fourth-order valence-electron chi connectivity index (χ4n) is 1.51. The van der Waals surface area contributed by atoms with Crippen LogP contribution >= 0.6 is 0 Å². The topological polar surface area (TPSA) is 120 Å². The van der Waals surface area contributed by atoms with Crippen LogP contribution in [-0.4, -0.2) is 14.9 Å². The number of nitrogens with zero attached hydrogens (tertiary/aromatic N) is 3. The summed E-state index contributed by atoms with van der Waals surface area (Å²) in [5.41, 5.74) is 6.19. The van der Waals surface area contributed by atoms with Crippen molar-refractivity contribution in [3.63, 3.8) is 0 Å². The van der Waals surface area contributed by atoms with E-state index in [0.29, 0.717) is 11.7 Å². The van der Waals surface area contributed by atoms with Gasteiger partial charge in [-0.1, -0.05) is 0 Å². The van der Waals surface area contributed by atoms with Crippen molar-refractivity contribution in [2.24, 2.45) is 0 Å². The highest BCUT2D eigenvalue weighted by atomic mass is 16.6. The molecule has 0 aromatic carbocycles. The number of anilines is 2. The Morgan fingerprint density at radius 1 is 1.42 bits per heavy atom. The standard InChI is InChI=1S/C11H13N5O3/c1-6-7(2)19-11(14-6)5-13-10-4-8(16(17)18)3-9(12)15-10/h3-4H,5H2,1-2H3,(H3,12,13,15). The van der Waals surface area contributed by atoms with E-state index in [2.05, 4.69) is 15.3 Å². The number of nitrogen functional groups attached to an aromatic ring is 1. The van der Waals surface area contributed by atoms with E-state index in [0.717, 1.165) is 11.5 Å². The van der Waals surface area contributed by atoms with Gasteiger partial charge in [-0.25, -0.2) is 9.97 Å². The van der Waals surface area contributed by atoms with Crippen LogP contribution in [0.4, 0.5) is 17.3 Å². The Morgan fingerprint density at radius 2 is 2.16 bits per heavy atom. The van der Waals surface area contributed by atoms with Crippen LogP contribution in [0.3, 0.4) is 0 Å². The van der Waals surface area contributed by atoms with E-state index < -0.39 is 4.92 Å². The summed E-state index contributed by atoms with van der Waals surface area (Å²) >= 11 is 0. The number of hydrogen-bond acceptors (Lipinski definition) is 7. The number of nitrogens with two attached hydrogens (primary N) is 1. The van der Waals surface area contributed by atoms with Crippen LogP contribution in [0, 0.1) is 24.0 Å². The maximum atomic E-state index is 10.7. The molecule has 0 bridgehead atoms. The summed E-state index contributed by atoms with van der Waals surface area (Å²) in [5.74, 6) is 1.61. The molecule has 2 aromatic rings. The third-order valence-corrected chi connectivity index (χ3v) is 2.53. The van der Waals surface area contributed by atoms with Gasteiger partial charge in [0.05, 0.1) is 29.3 Å². The number of oxazole rings is 1. The highest BCUT2D eigenvalue weighted by Crippen LogP contribution is 2.19. The lowest BCUT2D eigenvalue weighted by Gasteiger charge is -2.03. The first-order chi connectivity index (χ1) is 8.95. The van der Waals surface area contributed by atoms with Crippen LogP contribution < -0.4 is 11.1 Å². The number of pyridine rings is 1. The van der Waals surface area contributed by atoms with Crippen LogP contribution in [0.15, 0.2) is 16.5 Å². The molecule has 0 aliphatic rings. The van der Waals surface area contributed by atoms with Crippen molar-refractivity contribution < 1.29 is 9.34 Å². The minimum Gasteiger partial charge on any atom is -0.444 e. The molecule has 0 saturated carbocycles. The lowest BCUT2D eigenvalue weighted by atomic mass is 10.3. The van der Waals surface area contributed by atoms with Crippen LogP contribution in [0.5, 0.6) is 0 Å². The smallest absolute Gasteiger partial charge is 0.276 e. The average Bonchev–Trinajstić information content (AvgIpc) is 2.65. The molecule has 0 fully saturated rings. The number of nitro groups is 1. The summed E-state index contributed by atoms with van der Waals surface area (Å²) in [4.78, 5) is 18.3. The van der Waals surface area contributed by atoms with Gasteiger partial charge in [0.25, 0.3) is 5.69 Å². The Kier molecular flexibility index (Phi) is 3.32. The minimum atomic E-state index is -0.525. The lowest BCUT2D eigenvalue weighted by molar-refractivity contribution is -0.384. The Morgan fingerprint density at radius 3 is 2.74 bits per heavy atom. The fourth-order valence-corrected chi connectivity index (χ4v) is 1.51. The zero-order chi connectivity index (χ0) is 14.0.